The molecule has 0 spiro atoms. The molecule has 1 N–H and O–H groups in total. The predicted molar refractivity (Wildman–Crippen MR) is 95.7 cm³/mol. The summed E-state index contributed by atoms with van der Waals surface area (Å²) >= 11 is 0. The number of hydrogen-bond donors (Lipinski definition) is 1. The normalized spacial score (nSPS) is 19.9. The van der Waals surface area contributed by atoms with Crippen LogP contribution in [-0.4, -0.2) is 42.6 Å². The zero-order valence-electron chi connectivity index (χ0n) is 15.2. The van der Waals surface area contributed by atoms with Crippen LogP contribution in [-0.2, 0) is 30.8 Å². The van der Waals surface area contributed by atoms with Crippen molar-refractivity contribution in [2.75, 3.05) is 13.2 Å². The van der Waals surface area contributed by atoms with Gasteiger partial charge in [-0.15, -0.1) is 0 Å². The fourth-order valence-corrected chi connectivity index (χ4v) is 3.69. The molecular formula is C18H23N7O2. The summed E-state index contributed by atoms with van der Waals surface area (Å²) in [6.07, 6.45) is 7.51. The van der Waals surface area contributed by atoms with Crippen LogP contribution in [0.1, 0.15) is 42.8 Å². The standard InChI is InChI=1S/C18H23N7O2/c1-3-15(26-10-1)18-21-16(23-27-18)4-8-24-9-6-20-17(24)14-11-13-12-19-5-2-7-25(13)22-14/h6,9,11,15,19H,1-5,7-8,10,12H2/t15-/m1/s1. The summed E-state index contributed by atoms with van der Waals surface area (Å²) in [7, 11) is 0. The minimum Gasteiger partial charge on any atom is -0.368 e. The highest BCUT2D eigenvalue weighted by Gasteiger charge is 2.24. The van der Waals surface area contributed by atoms with E-state index < -0.39 is 0 Å². The van der Waals surface area contributed by atoms with E-state index in [0.717, 1.165) is 63.6 Å². The second kappa shape index (κ2) is 7.24. The number of nitrogens with one attached hydrogen (secondary N) is 1. The summed E-state index contributed by atoms with van der Waals surface area (Å²) in [5, 5.41) is 12.3. The molecule has 1 fully saturated rings. The van der Waals surface area contributed by atoms with Gasteiger partial charge in [-0.05, 0) is 31.9 Å². The van der Waals surface area contributed by atoms with Gasteiger partial charge in [0.2, 0.25) is 0 Å². The Morgan fingerprint density at radius 2 is 2.30 bits per heavy atom. The molecule has 2 aliphatic rings. The van der Waals surface area contributed by atoms with Crippen molar-refractivity contribution in [1.29, 1.82) is 0 Å². The van der Waals surface area contributed by atoms with Crippen molar-refractivity contribution >= 4 is 0 Å². The molecule has 1 atom stereocenters. The summed E-state index contributed by atoms with van der Waals surface area (Å²) in [6.45, 7) is 4.32. The zero-order valence-corrected chi connectivity index (χ0v) is 15.2. The lowest BCUT2D eigenvalue weighted by Crippen LogP contribution is -2.11. The number of imidazole rings is 1. The molecule has 0 bridgehead atoms. The number of fused-ring (bicyclic) bond motifs is 1. The Labute approximate surface area is 156 Å². The van der Waals surface area contributed by atoms with Crippen molar-refractivity contribution in [1.82, 2.24) is 34.8 Å². The van der Waals surface area contributed by atoms with Crippen molar-refractivity contribution < 1.29 is 9.26 Å². The minimum atomic E-state index is -0.0374. The van der Waals surface area contributed by atoms with Crippen molar-refractivity contribution in [2.24, 2.45) is 0 Å². The van der Waals surface area contributed by atoms with Crippen LogP contribution in [0.15, 0.2) is 23.0 Å². The SMILES string of the molecule is c1cn(CCc2noc([C@H]3CCCO3)n2)c(-c2cc3n(n2)CCCNC3)n1. The third-order valence-electron chi connectivity index (χ3n) is 5.10. The van der Waals surface area contributed by atoms with Crippen LogP contribution in [0.25, 0.3) is 11.5 Å². The molecule has 0 saturated carbocycles. The van der Waals surface area contributed by atoms with Gasteiger partial charge in [-0.25, -0.2) is 4.98 Å². The lowest BCUT2D eigenvalue weighted by atomic mass is 10.2. The van der Waals surface area contributed by atoms with E-state index in [-0.39, 0.29) is 6.10 Å². The number of aryl methyl sites for hydroxylation is 3. The van der Waals surface area contributed by atoms with E-state index in [4.69, 9.17) is 14.4 Å². The van der Waals surface area contributed by atoms with Crippen LogP contribution >= 0.6 is 0 Å². The van der Waals surface area contributed by atoms with E-state index >= 15 is 0 Å². The first-order chi connectivity index (χ1) is 13.4. The maximum Gasteiger partial charge on any atom is 0.255 e. The lowest BCUT2D eigenvalue weighted by Gasteiger charge is -2.04. The van der Waals surface area contributed by atoms with Gasteiger partial charge in [0, 0.05) is 45.1 Å². The fraction of sp³-hybridized carbons (Fsp3) is 0.556. The molecule has 0 amide bonds. The number of rotatable bonds is 5. The summed E-state index contributed by atoms with van der Waals surface area (Å²) < 4.78 is 15.1. The van der Waals surface area contributed by atoms with Gasteiger partial charge in [-0.3, -0.25) is 4.68 Å². The van der Waals surface area contributed by atoms with Gasteiger partial charge < -0.3 is 19.1 Å². The summed E-state index contributed by atoms with van der Waals surface area (Å²) in [5.41, 5.74) is 2.11. The van der Waals surface area contributed by atoms with Crippen molar-refractivity contribution in [2.45, 2.75) is 51.4 Å². The first kappa shape index (κ1) is 16.6. The van der Waals surface area contributed by atoms with Crippen molar-refractivity contribution in [3.63, 3.8) is 0 Å². The fourth-order valence-electron chi connectivity index (χ4n) is 3.69. The number of aromatic nitrogens is 6. The first-order valence-corrected chi connectivity index (χ1v) is 9.60. The maximum absolute atomic E-state index is 5.60. The second-order valence-corrected chi connectivity index (χ2v) is 7.02. The van der Waals surface area contributed by atoms with E-state index in [9.17, 15) is 0 Å². The summed E-state index contributed by atoms with van der Waals surface area (Å²) in [6, 6.07) is 2.13. The van der Waals surface area contributed by atoms with Gasteiger partial charge >= 0.3 is 0 Å². The molecule has 9 heteroatoms. The van der Waals surface area contributed by atoms with E-state index in [1.807, 2.05) is 12.4 Å². The van der Waals surface area contributed by atoms with Gasteiger partial charge in [-0.2, -0.15) is 10.1 Å². The Bertz CT molecular complexity index is 883. The second-order valence-electron chi connectivity index (χ2n) is 7.02. The largest absolute Gasteiger partial charge is 0.368 e. The van der Waals surface area contributed by atoms with Gasteiger partial charge in [-0.1, -0.05) is 5.16 Å². The van der Waals surface area contributed by atoms with Crippen LogP contribution in [0.3, 0.4) is 0 Å². The first-order valence-electron chi connectivity index (χ1n) is 9.60. The average molecular weight is 369 g/mol. The Hall–Kier alpha value is -2.52. The van der Waals surface area contributed by atoms with Crippen LogP contribution < -0.4 is 5.32 Å². The highest BCUT2D eigenvalue weighted by molar-refractivity contribution is 5.50. The molecule has 5 heterocycles. The van der Waals surface area contributed by atoms with Gasteiger partial charge in [0.25, 0.3) is 5.89 Å². The van der Waals surface area contributed by atoms with Crippen LogP contribution in [0.2, 0.25) is 0 Å². The van der Waals surface area contributed by atoms with E-state index in [1.165, 1.54) is 5.69 Å². The maximum atomic E-state index is 5.60. The van der Waals surface area contributed by atoms with Crippen LogP contribution in [0, 0.1) is 0 Å². The van der Waals surface area contributed by atoms with Gasteiger partial charge in [0.05, 0.1) is 5.69 Å². The highest BCUT2D eigenvalue weighted by Crippen LogP contribution is 2.27. The third kappa shape index (κ3) is 3.40. The van der Waals surface area contributed by atoms with E-state index in [1.54, 1.807) is 0 Å². The Kier molecular flexibility index (Phi) is 4.46. The van der Waals surface area contributed by atoms with E-state index in [0.29, 0.717) is 18.1 Å². The summed E-state index contributed by atoms with van der Waals surface area (Å²) in [4.78, 5) is 9.01. The minimum absolute atomic E-state index is 0.0374. The quantitative estimate of drug-likeness (QED) is 0.731. The molecule has 1 saturated heterocycles. The smallest absolute Gasteiger partial charge is 0.255 e. The van der Waals surface area contributed by atoms with Crippen LogP contribution in [0.4, 0.5) is 0 Å². The molecule has 0 radical (unpaired) electrons. The predicted octanol–water partition coefficient (Wildman–Crippen LogP) is 1.72. The van der Waals surface area contributed by atoms with Gasteiger partial charge in [0.1, 0.15) is 11.8 Å². The van der Waals surface area contributed by atoms with Crippen molar-refractivity contribution in [3.8, 4) is 11.5 Å². The third-order valence-corrected chi connectivity index (χ3v) is 5.10. The zero-order chi connectivity index (χ0) is 18.1. The molecule has 3 aromatic rings. The monoisotopic (exact) mass is 369 g/mol. The molecule has 142 valence electrons. The van der Waals surface area contributed by atoms with Crippen LogP contribution in [0.5, 0.6) is 0 Å². The molecule has 2 aliphatic heterocycles. The molecule has 0 aromatic carbocycles. The number of nitrogens with zero attached hydrogens (tertiary/aromatic N) is 6. The van der Waals surface area contributed by atoms with Gasteiger partial charge in [0.15, 0.2) is 11.6 Å². The molecule has 9 nitrogen and oxygen atoms in total. The Morgan fingerprint density at radius 3 is 3.22 bits per heavy atom. The number of hydrogen-bond acceptors (Lipinski definition) is 7. The Morgan fingerprint density at radius 1 is 1.30 bits per heavy atom. The summed E-state index contributed by atoms with van der Waals surface area (Å²) in [5.74, 6) is 2.17. The topological polar surface area (TPSA) is 95.8 Å². The highest BCUT2D eigenvalue weighted by atomic mass is 16.5. The molecule has 0 unspecified atom stereocenters. The molecule has 0 aliphatic carbocycles. The molecule has 27 heavy (non-hydrogen) atoms. The lowest BCUT2D eigenvalue weighted by molar-refractivity contribution is 0.0835. The Balaban J connectivity index is 1.29. The molecule has 5 rings (SSSR count). The molecule has 3 aromatic heterocycles. The average Bonchev–Trinajstić information content (AvgIpc) is 3.46. The molecular weight excluding hydrogens is 346 g/mol. The van der Waals surface area contributed by atoms with E-state index in [2.05, 4.69) is 35.8 Å². The van der Waals surface area contributed by atoms with Crippen molar-refractivity contribution in [3.05, 3.63) is 35.9 Å². The number of ether oxygens (including phenoxy) is 1.